The van der Waals surface area contributed by atoms with Crippen molar-refractivity contribution in [1.82, 2.24) is 9.80 Å². The Bertz CT molecular complexity index is 921. The number of likely N-dealkylation sites (tertiary alicyclic amines) is 2. The van der Waals surface area contributed by atoms with Crippen molar-refractivity contribution in [2.75, 3.05) is 13.1 Å². The number of hydrogen-bond donors (Lipinski definition) is 2. The van der Waals surface area contributed by atoms with Gasteiger partial charge in [-0.2, -0.15) is 0 Å². The Labute approximate surface area is 239 Å². The van der Waals surface area contributed by atoms with Gasteiger partial charge in [0.1, 0.15) is 0 Å². The van der Waals surface area contributed by atoms with E-state index >= 15 is 0 Å². The molecule has 0 saturated carbocycles. The molecule has 4 rings (SSSR count). The molecule has 2 aromatic carbocycles. The fraction of sp³-hybridized carbons (Fsp3) is 0.452. The summed E-state index contributed by atoms with van der Waals surface area (Å²) in [7, 11) is 0. The number of benzene rings is 2. The largest absolute Gasteiger partial charge is 0.388 e. The molecule has 2 amide bonds. The van der Waals surface area contributed by atoms with Gasteiger partial charge in [0, 0.05) is 41.6 Å². The molecule has 0 unspecified atom stereocenters. The van der Waals surface area contributed by atoms with E-state index in [0.717, 1.165) is 38.8 Å². The van der Waals surface area contributed by atoms with Crippen molar-refractivity contribution in [3.63, 3.8) is 0 Å². The molecule has 2 fully saturated rings. The van der Waals surface area contributed by atoms with E-state index in [1.54, 1.807) is 37.5 Å². The maximum atomic E-state index is 12.3. The van der Waals surface area contributed by atoms with Gasteiger partial charge in [-0.3, -0.25) is 9.59 Å². The van der Waals surface area contributed by atoms with Crippen LogP contribution in [0, 0.1) is 6.92 Å². The second-order valence-electron chi connectivity index (χ2n) is 10.6. The first-order valence-corrected chi connectivity index (χ1v) is 13.0. The van der Waals surface area contributed by atoms with Crippen LogP contribution in [0.5, 0.6) is 0 Å². The van der Waals surface area contributed by atoms with E-state index in [1.807, 2.05) is 60.7 Å². The molecular weight excluding hydrogens is 516 g/mol. The van der Waals surface area contributed by atoms with Crippen LogP contribution in [0.1, 0.15) is 74.1 Å². The Hall–Kier alpha value is -2.56. The van der Waals surface area contributed by atoms with Gasteiger partial charge in [-0.25, -0.2) is 19.6 Å². The molecule has 2 atom stereocenters. The molecule has 2 N–H and O–H groups in total. The number of rotatable bonds is 4. The zero-order valence-corrected chi connectivity index (χ0v) is 24.5. The Balaban J connectivity index is 0.000000337. The standard InChI is InChI=1S/2C14H19NO2.C3H5.Cr/c2*1-14(2,17)12-9-6-10-15(12)13(16)11-7-4-3-5-8-11;1-3-2;/h2*3-5,7-8,12,17H,6,9-10H2,1-2H3;3H,1-2H2;/q;;-1;/t2*12-;;/m00../s1. The predicted octanol–water partition coefficient (Wildman–Crippen LogP) is 5.13. The van der Waals surface area contributed by atoms with Crippen molar-refractivity contribution in [2.45, 2.75) is 76.7 Å². The number of nitrogens with zero attached hydrogens (tertiary/aromatic N) is 2. The van der Waals surface area contributed by atoms with Crippen LogP contribution in [-0.4, -0.2) is 68.2 Å². The minimum Gasteiger partial charge on any atom is -0.388 e. The number of hydrogen-bond acceptors (Lipinski definition) is 4. The number of carbonyl (C=O) groups excluding carboxylic acids is 2. The summed E-state index contributed by atoms with van der Waals surface area (Å²) in [5.74, 6) is 0.0467. The molecule has 0 bridgehead atoms. The average molecular weight is 560 g/mol. The molecule has 0 radical (unpaired) electrons. The number of carbonyl (C=O) groups is 2. The van der Waals surface area contributed by atoms with E-state index in [1.165, 1.54) is 6.08 Å². The first-order chi connectivity index (χ1) is 17.4. The van der Waals surface area contributed by atoms with Crippen molar-refractivity contribution in [2.24, 2.45) is 0 Å². The third-order valence-electron chi connectivity index (χ3n) is 6.70. The summed E-state index contributed by atoms with van der Waals surface area (Å²) in [5.41, 5.74) is -0.269. The van der Waals surface area contributed by atoms with E-state index in [-0.39, 0.29) is 41.3 Å². The van der Waals surface area contributed by atoms with Crippen molar-refractivity contribution in [1.29, 1.82) is 0 Å². The van der Waals surface area contributed by atoms with Crippen molar-refractivity contribution >= 4 is 11.8 Å². The van der Waals surface area contributed by atoms with E-state index < -0.39 is 11.2 Å². The molecule has 2 heterocycles. The Morgan fingerprint density at radius 2 is 1.08 bits per heavy atom. The summed E-state index contributed by atoms with van der Waals surface area (Å²) in [6.45, 7) is 15.1. The molecular formula is C31H43CrN2O4-. The van der Waals surface area contributed by atoms with E-state index in [0.29, 0.717) is 11.1 Å². The minimum atomic E-state index is -0.832. The summed E-state index contributed by atoms with van der Waals surface area (Å²) in [5, 5.41) is 20.2. The Morgan fingerprint density at radius 1 is 0.789 bits per heavy atom. The van der Waals surface area contributed by atoms with Gasteiger partial charge >= 0.3 is 0 Å². The van der Waals surface area contributed by atoms with E-state index in [2.05, 4.69) is 13.5 Å². The van der Waals surface area contributed by atoms with E-state index in [9.17, 15) is 19.8 Å². The molecule has 6 nitrogen and oxygen atoms in total. The monoisotopic (exact) mass is 559 g/mol. The zero-order chi connectivity index (χ0) is 27.6. The second kappa shape index (κ2) is 15.1. The maximum Gasteiger partial charge on any atom is 0.254 e. The SMILES string of the molecule is C=C[CH2-].CC(C)(O)[C@@H]1CCCN1C(=O)c1ccccc1.CC(C)(O)[C@@H]1CCCN1C(=O)c1ccccc1.[Cr]. The molecule has 38 heavy (non-hydrogen) atoms. The molecule has 2 aromatic rings. The zero-order valence-electron chi connectivity index (χ0n) is 23.2. The van der Waals surface area contributed by atoms with Crippen LogP contribution < -0.4 is 0 Å². The molecule has 7 heteroatoms. The van der Waals surface area contributed by atoms with Gasteiger partial charge in [0.2, 0.25) is 0 Å². The summed E-state index contributed by atoms with van der Waals surface area (Å²) < 4.78 is 0. The smallest absolute Gasteiger partial charge is 0.254 e. The van der Waals surface area contributed by atoms with E-state index in [4.69, 9.17) is 0 Å². The molecule has 2 aliphatic rings. The number of allylic oxidation sites excluding steroid dienone is 1. The quantitative estimate of drug-likeness (QED) is 0.509. The van der Waals surface area contributed by atoms with Crippen LogP contribution >= 0.6 is 0 Å². The maximum absolute atomic E-state index is 12.3. The fourth-order valence-electron chi connectivity index (χ4n) is 4.98. The minimum absolute atomic E-state index is 0. The van der Waals surface area contributed by atoms with Crippen molar-refractivity contribution in [3.8, 4) is 0 Å². The van der Waals surface area contributed by atoms with Crippen molar-refractivity contribution < 1.29 is 37.2 Å². The summed E-state index contributed by atoms with van der Waals surface area (Å²) in [6.07, 6.45) is 5.19. The predicted molar refractivity (Wildman–Crippen MR) is 149 cm³/mol. The summed E-state index contributed by atoms with van der Waals surface area (Å²) in [4.78, 5) is 28.2. The molecule has 2 saturated heterocycles. The van der Waals surface area contributed by atoms with Gasteiger partial charge in [-0.05, 0) is 77.6 Å². The number of aliphatic hydroxyl groups is 2. The normalized spacial score (nSPS) is 18.8. The topological polar surface area (TPSA) is 81.1 Å². The van der Waals surface area contributed by atoms with Crippen LogP contribution in [0.3, 0.4) is 0 Å². The first-order valence-electron chi connectivity index (χ1n) is 13.0. The van der Waals surface area contributed by atoms with Gasteiger partial charge in [0.25, 0.3) is 11.8 Å². The molecule has 2 aliphatic heterocycles. The summed E-state index contributed by atoms with van der Waals surface area (Å²) in [6, 6.07) is 18.4. The Morgan fingerprint density at radius 3 is 1.34 bits per heavy atom. The average Bonchev–Trinajstić information content (AvgIpc) is 3.55. The van der Waals surface area contributed by atoms with Crippen LogP contribution in [-0.2, 0) is 17.4 Å². The molecule has 0 aliphatic carbocycles. The number of amides is 2. The third kappa shape index (κ3) is 9.32. The van der Waals surface area contributed by atoms with Crippen molar-refractivity contribution in [3.05, 3.63) is 91.4 Å². The molecule has 0 aromatic heterocycles. The van der Waals surface area contributed by atoms with Gasteiger partial charge in [0.15, 0.2) is 0 Å². The first kappa shape index (κ1) is 33.5. The van der Waals surface area contributed by atoms with Gasteiger partial charge in [-0.15, -0.1) is 0 Å². The van der Waals surface area contributed by atoms with Crippen LogP contribution in [0.2, 0.25) is 0 Å². The Kier molecular flexibility index (Phi) is 13.3. The fourth-order valence-corrected chi connectivity index (χ4v) is 4.98. The second-order valence-corrected chi connectivity index (χ2v) is 10.6. The van der Waals surface area contributed by atoms with Gasteiger partial charge in [-0.1, -0.05) is 36.4 Å². The third-order valence-corrected chi connectivity index (χ3v) is 6.70. The molecule has 0 spiro atoms. The van der Waals surface area contributed by atoms with Crippen LogP contribution in [0.15, 0.2) is 73.3 Å². The van der Waals surface area contributed by atoms with Crippen LogP contribution in [0.25, 0.3) is 0 Å². The summed E-state index contributed by atoms with van der Waals surface area (Å²) >= 11 is 0. The van der Waals surface area contributed by atoms with Crippen LogP contribution in [0.4, 0.5) is 0 Å². The van der Waals surface area contributed by atoms with Gasteiger partial charge in [0.05, 0.1) is 23.3 Å². The molecule has 208 valence electrons. The van der Waals surface area contributed by atoms with Gasteiger partial charge < -0.3 is 20.0 Å².